The molecule has 6 heteroatoms. The summed E-state index contributed by atoms with van der Waals surface area (Å²) in [5.74, 6) is 0.518. The summed E-state index contributed by atoms with van der Waals surface area (Å²) in [6.07, 6.45) is 3.32. The Bertz CT molecular complexity index is 720. The standard InChI is InChI=1S/C18H22FN3O2/c1-13(17-20-8-9-21(17)3)24-10-16(23)22-11-18(2,12-22)14-4-6-15(19)7-5-14/h4-9,13H,10-12H2,1-3H3. The molecule has 0 N–H and O–H groups in total. The Kier molecular flexibility index (Phi) is 4.41. The van der Waals surface area contributed by atoms with Gasteiger partial charge < -0.3 is 14.2 Å². The van der Waals surface area contributed by atoms with E-state index in [2.05, 4.69) is 11.9 Å². The van der Waals surface area contributed by atoms with Crippen LogP contribution >= 0.6 is 0 Å². The number of carbonyl (C=O) groups is 1. The van der Waals surface area contributed by atoms with Crippen molar-refractivity contribution in [2.24, 2.45) is 7.05 Å². The summed E-state index contributed by atoms with van der Waals surface area (Å²) >= 11 is 0. The van der Waals surface area contributed by atoms with Crippen molar-refractivity contribution in [3.8, 4) is 0 Å². The number of carbonyl (C=O) groups excluding carboxylic acids is 1. The molecule has 5 nitrogen and oxygen atoms in total. The lowest BCUT2D eigenvalue weighted by molar-refractivity contribution is -0.145. The monoisotopic (exact) mass is 331 g/mol. The van der Waals surface area contributed by atoms with Crippen molar-refractivity contribution in [2.45, 2.75) is 25.4 Å². The van der Waals surface area contributed by atoms with Gasteiger partial charge in [-0.25, -0.2) is 9.37 Å². The summed E-state index contributed by atoms with van der Waals surface area (Å²) < 4.78 is 20.6. The van der Waals surface area contributed by atoms with Crippen LogP contribution in [0.1, 0.15) is 31.3 Å². The van der Waals surface area contributed by atoms with E-state index < -0.39 is 0 Å². The van der Waals surface area contributed by atoms with Crippen molar-refractivity contribution < 1.29 is 13.9 Å². The van der Waals surface area contributed by atoms with Gasteiger partial charge in [0.2, 0.25) is 5.91 Å². The van der Waals surface area contributed by atoms with Crippen LogP contribution in [0.5, 0.6) is 0 Å². The minimum atomic E-state index is -0.244. The van der Waals surface area contributed by atoms with E-state index in [0.717, 1.165) is 11.4 Å². The quantitative estimate of drug-likeness (QED) is 0.845. The highest BCUT2D eigenvalue weighted by molar-refractivity contribution is 5.79. The largest absolute Gasteiger partial charge is 0.361 e. The van der Waals surface area contributed by atoms with Crippen LogP contribution in [0.15, 0.2) is 36.7 Å². The van der Waals surface area contributed by atoms with E-state index in [4.69, 9.17) is 4.74 Å². The number of ether oxygens (including phenoxy) is 1. The lowest BCUT2D eigenvalue weighted by Gasteiger charge is -2.48. The van der Waals surface area contributed by atoms with E-state index >= 15 is 0 Å². The fraction of sp³-hybridized carbons (Fsp3) is 0.444. The van der Waals surface area contributed by atoms with Crippen LogP contribution < -0.4 is 0 Å². The average molecular weight is 331 g/mol. The molecule has 2 heterocycles. The summed E-state index contributed by atoms with van der Waals surface area (Å²) in [6, 6.07) is 6.50. The van der Waals surface area contributed by atoms with Gasteiger partial charge in [-0.1, -0.05) is 19.1 Å². The van der Waals surface area contributed by atoms with Crippen LogP contribution in [0, 0.1) is 5.82 Å². The molecule has 1 aromatic heterocycles. The molecule has 24 heavy (non-hydrogen) atoms. The Morgan fingerprint density at radius 3 is 2.62 bits per heavy atom. The molecule has 1 unspecified atom stereocenters. The molecule has 1 fully saturated rings. The van der Waals surface area contributed by atoms with E-state index in [9.17, 15) is 9.18 Å². The third-order valence-electron chi connectivity index (χ3n) is 4.65. The molecule has 1 aliphatic rings. The molecule has 1 saturated heterocycles. The Hall–Kier alpha value is -2.21. The van der Waals surface area contributed by atoms with Crippen molar-refractivity contribution in [3.63, 3.8) is 0 Å². The predicted octanol–water partition coefficient (Wildman–Crippen LogP) is 2.44. The first-order chi connectivity index (χ1) is 11.4. The Labute approximate surface area is 141 Å². The maximum atomic E-state index is 13.0. The minimum absolute atomic E-state index is 0.0318. The van der Waals surface area contributed by atoms with E-state index in [0.29, 0.717) is 13.1 Å². The maximum absolute atomic E-state index is 13.0. The van der Waals surface area contributed by atoms with Crippen LogP contribution in [0.3, 0.4) is 0 Å². The first-order valence-corrected chi connectivity index (χ1v) is 8.02. The fourth-order valence-corrected chi connectivity index (χ4v) is 3.14. The van der Waals surface area contributed by atoms with Gasteiger partial charge in [0.1, 0.15) is 24.4 Å². The van der Waals surface area contributed by atoms with Crippen LogP contribution in [-0.4, -0.2) is 40.1 Å². The number of nitrogens with zero attached hydrogens (tertiary/aromatic N) is 3. The van der Waals surface area contributed by atoms with Gasteiger partial charge in [-0.3, -0.25) is 4.79 Å². The Morgan fingerprint density at radius 2 is 2.04 bits per heavy atom. The predicted molar refractivity (Wildman–Crippen MR) is 87.9 cm³/mol. The highest BCUT2D eigenvalue weighted by atomic mass is 19.1. The average Bonchev–Trinajstić information content (AvgIpc) is 2.96. The number of benzene rings is 1. The van der Waals surface area contributed by atoms with Crippen molar-refractivity contribution in [1.29, 1.82) is 0 Å². The van der Waals surface area contributed by atoms with Crippen molar-refractivity contribution in [2.75, 3.05) is 19.7 Å². The molecule has 0 radical (unpaired) electrons. The van der Waals surface area contributed by atoms with Gasteiger partial charge in [0.25, 0.3) is 0 Å². The van der Waals surface area contributed by atoms with Gasteiger partial charge in [0.15, 0.2) is 0 Å². The molecule has 1 amide bonds. The Morgan fingerprint density at radius 1 is 1.38 bits per heavy atom. The molecule has 0 bridgehead atoms. The van der Waals surface area contributed by atoms with Crippen LogP contribution in [0.4, 0.5) is 4.39 Å². The number of halogens is 1. The molecule has 1 aliphatic heterocycles. The van der Waals surface area contributed by atoms with E-state index in [-0.39, 0.29) is 29.9 Å². The summed E-state index contributed by atoms with van der Waals surface area (Å²) in [5, 5.41) is 0. The van der Waals surface area contributed by atoms with Crippen molar-refractivity contribution >= 4 is 5.91 Å². The number of likely N-dealkylation sites (tertiary alicyclic amines) is 1. The van der Waals surface area contributed by atoms with E-state index in [1.807, 2.05) is 24.7 Å². The highest BCUT2D eigenvalue weighted by Crippen LogP contribution is 2.34. The van der Waals surface area contributed by atoms with Gasteiger partial charge >= 0.3 is 0 Å². The SMILES string of the molecule is CC(OCC(=O)N1CC(C)(c2ccc(F)cc2)C1)c1nccn1C. The maximum Gasteiger partial charge on any atom is 0.248 e. The number of aromatic nitrogens is 2. The van der Waals surface area contributed by atoms with Crippen molar-refractivity contribution in [3.05, 3.63) is 53.9 Å². The second kappa shape index (κ2) is 6.36. The third-order valence-corrected chi connectivity index (χ3v) is 4.65. The molecule has 128 valence electrons. The summed E-state index contributed by atoms with van der Waals surface area (Å²) in [7, 11) is 1.90. The molecular weight excluding hydrogens is 309 g/mol. The molecular formula is C18H22FN3O2. The zero-order valence-corrected chi connectivity index (χ0v) is 14.2. The topological polar surface area (TPSA) is 47.4 Å². The number of amides is 1. The lowest BCUT2D eigenvalue weighted by Crippen LogP contribution is -2.60. The lowest BCUT2D eigenvalue weighted by atomic mass is 9.75. The number of imidazole rings is 1. The first kappa shape index (κ1) is 16.6. The molecule has 0 spiro atoms. The van der Waals surface area contributed by atoms with Gasteiger partial charge in [-0.05, 0) is 24.6 Å². The Balaban J connectivity index is 1.51. The zero-order chi connectivity index (χ0) is 17.3. The van der Waals surface area contributed by atoms with Crippen LogP contribution in [0.25, 0.3) is 0 Å². The molecule has 0 aliphatic carbocycles. The first-order valence-electron chi connectivity index (χ1n) is 8.02. The van der Waals surface area contributed by atoms with Crippen LogP contribution in [-0.2, 0) is 22.0 Å². The molecule has 1 aromatic carbocycles. The minimum Gasteiger partial charge on any atom is -0.361 e. The molecule has 3 rings (SSSR count). The molecule has 0 saturated carbocycles. The number of rotatable bonds is 5. The van der Waals surface area contributed by atoms with E-state index in [1.165, 1.54) is 12.1 Å². The molecule has 1 atom stereocenters. The molecule has 2 aromatic rings. The van der Waals surface area contributed by atoms with Gasteiger partial charge in [0.05, 0.1) is 0 Å². The summed E-state index contributed by atoms with van der Waals surface area (Å²) in [6.45, 7) is 5.25. The van der Waals surface area contributed by atoms with E-state index in [1.54, 1.807) is 23.2 Å². The van der Waals surface area contributed by atoms with Gasteiger partial charge in [-0.2, -0.15) is 0 Å². The number of hydrogen-bond acceptors (Lipinski definition) is 3. The smallest absolute Gasteiger partial charge is 0.248 e. The highest BCUT2D eigenvalue weighted by Gasteiger charge is 2.42. The zero-order valence-electron chi connectivity index (χ0n) is 14.2. The summed E-state index contributed by atoms with van der Waals surface area (Å²) in [4.78, 5) is 18.3. The summed E-state index contributed by atoms with van der Waals surface area (Å²) in [5.41, 5.74) is 0.935. The van der Waals surface area contributed by atoms with Crippen LogP contribution in [0.2, 0.25) is 0 Å². The second-order valence-electron chi connectivity index (χ2n) is 6.67. The fourth-order valence-electron chi connectivity index (χ4n) is 3.14. The second-order valence-corrected chi connectivity index (χ2v) is 6.67. The normalized spacial score (nSPS) is 17.4. The van der Waals surface area contributed by atoms with Gasteiger partial charge in [-0.15, -0.1) is 0 Å². The van der Waals surface area contributed by atoms with Gasteiger partial charge in [0, 0.05) is 37.9 Å². The number of hydrogen-bond donors (Lipinski definition) is 0. The van der Waals surface area contributed by atoms with Crippen molar-refractivity contribution in [1.82, 2.24) is 14.5 Å². The number of aryl methyl sites for hydroxylation is 1. The third kappa shape index (κ3) is 3.19.